The molecule has 0 aromatic carbocycles. The van der Waals surface area contributed by atoms with E-state index in [9.17, 15) is 0 Å². The van der Waals surface area contributed by atoms with E-state index in [1.54, 1.807) is 0 Å². The predicted octanol–water partition coefficient (Wildman–Crippen LogP) is 1.99. The SMILES string of the molecule is C#CCOP(N)O.C=C.C=C.C=C.C=C.OCCO. The lowest BCUT2D eigenvalue weighted by molar-refractivity contribution is 0.186. The molecule has 5 nitrogen and oxygen atoms in total. The molecule has 0 heterocycles. The van der Waals surface area contributed by atoms with Crippen molar-refractivity contribution in [2.75, 3.05) is 19.8 Å². The highest BCUT2D eigenvalue weighted by Gasteiger charge is 1.89. The van der Waals surface area contributed by atoms with Crippen LogP contribution in [0.25, 0.3) is 0 Å². The lowest BCUT2D eigenvalue weighted by Gasteiger charge is -1.96. The summed E-state index contributed by atoms with van der Waals surface area (Å²) in [6.07, 6.45) is 4.75. The average Bonchev–Trinajstić information content (AvgIpc) is 2.53. The molecule has 0 amide bonds. The van der Waals surface area contributed by atoms with Gasteiger partial charge in [-0.15, -0.1) is 59.1 Å². The van der Waals surface area contributed by atoms with Gasteiger partial charge in [0.05, 0.1) is 13.2 Å². The Morgan fingerprint density at radius 3 is 1.26 bits per heavy atom. The molecule has 5 N–H and O–H groups in total. The standard InChI is InChI=1S/C3H6NO2P.C2H6O2.4C2H4/c1-2-3-6-7(4)5;3-1-2-4;4*1-2/h1,5H,3-4H2;3-4H,1-2H2;4*1-2H2. The van der Waals surface area contributed by atoms with Gasteiger partial charge in [0, 0.05) is 0 Å². The first-order valence-electron chi connectivity index (χ1n) is 4.70. The number of nitrogens with two attached hydrogens (primary N) is 1. The van der Waals surface area contributed by atoms with Crippen molar-refractivity contribution in [3.8, 4) is 12.3 Å². The van der Waals surface area contributed by atoms with Gasteiger partial charge in [0.25, 0.3) is 8.53 Å². The minimum Gasteiger partial charge on any atom is -0.394 e. The van der Waals surface area contributed by atoms with Gasteiger partial charge in [-0.25, -0.2) is 0 Å². The molecule has 19 heavy (non-hydrogen) atoms. The Morgan fingerprint density at radius 2 is 1.21 bits per heavy atom. The Hall–Kier alpha value is -1.25. The molecule has 6 heteroatoms. The van der Waals surface area contributed by atoms with E-state index in [1.165, 1.54) is 0 Å². The number of hydrogen-bond donors (Lipinski definition) is 4. The van der Waals surface area contributed by atoms with E-state index in [4.69, 9.17) is 27.0 Å². The topological polar surface area (TPSA) is 95.9 Å². The minimum absolute atomic E-state index is 0.0820. The van der Waals surface area contributed by atoms with Gasteiger partial charge >= 0.3 is 0 Å². The fourth-order valence-electron chi connectivity index (χ4n) is 0.103. The van der Waals surface area contributed by atoms with Crippen molar-refractivity contribution in [1.82, 2.24) is 0 Å². The van der Waals surface area contributed by atoms with Gasteiger partial charge in [-0.1, -0.05) is 5.92 Å². The lowest BCUT2D eigenvalue weighted by atomic mass is 10.8. The monoisotopic (exact) mass is 293 g/mol. The molecule has 0 aliphatic rings. The summed E-state index contributed by atoms with van der Waals surface area (Å²) in [6, 6.07) is 0. The summed E-state index contributed by atoms with van der Waals surface area (Å²) < 4.78 is 4.35. The molecule has 0 fully saturated rings. The molecule has 0 saturated heterocycles. The Balaban J connectivity index is -0.0000000304. The third kappa shape index (κ3) is 259. The molecule has 0 rings (SSSR count). The molecule has 0 aromatic rings. The molecule has 1 atom stereocenters. The van der Waals surface area contributed by atoms with Gasteiger partial charge in [0.15, 0.2) is 0 Å². The Bertz CT molecular complexity index is 142. The molecule has 0 aliphatic heterocycles. The maximum absolute atomic E-state index is 8.21. The maximum Gasteiger partial charge on any atom is 0.251 e. The highest BCUT2D eigenvalue weighted by atomic mass is 31.2. The first kappa shape index (κ1) is 36.1. The third-order valence-corrected chi connectivity index (χ3v) is 0.774. The molecular weight excluding hydrogens is 265 g/mol. The van der Waals surface area contributed by atoms with E-state index in [-0.39, 0.29) is 19.8 Å². The molecule has 0 radical (unpaired) electrons. The number of terminal acetylenes is 1. The average molecular weight is 293 g/mol. The minimum atomic E-state index is -1.75. The Morgan fingerprint density at radius 1 is 0.947 bits per heavy atom. The molecule has 0 bridgehead atoms. The van der Waals surface area contributed by atoms with E-state index in [1.807, 2.05) is 0 Å². The van der Waals surface area contributed by atoms with Crippen LogP contribution in [0.3, 0.4) is 0 Å². The zero-order chi connectivity index (χ0) is 17.1. The van der Waals surface area contributed by atoms with Crippen molar-refractivity contribution < 1.29 is 19.6 Å². The molecule has 0 spiro atoms. The van der Waals surface area contributed by atoms with Crippen LogP contribution in [0.2, 0.25) is 0 Å². The molecule has 114 valence electrons. The molecule has 1 unspecified atom stereocenters. The van der Waals surface area contributed by atoms with Gasteiger partial charge < -0.3 is 19.6 Å². The first-order valence-corrected chi connectivity index (χ1v) is 5.99. The van der Waals surface area contributed by atoms with Gasteiger partial charge in [0.1, 0.15) is 6.61 Å². The molecule has 0 aromatic heterocycles. The first-order chi connectivity index (χ1) is 9.18. The predicted molar refractivity (Wildman–Crippen MR) is 87.3 cm³/mol. The Kier molecular flexibility index (Phi) is 173. The second-order valence-electron chi connectivity index (χ2n) is 1.23. The largest absolute Gasteiger partial charge is 0.394 e. The van der Waals surface area contributed by atoms with Crippen molar-refractivity contribution in [3.05, 3.63) is 52.6 Å². The number of aliphatic hydroxyl groups is 2. The zero-order valence-corrected chi connectivity index (χ0v) is 12.5. The van der Waals surface area contributed by atoms with Crippen LogP contribution in [-0.2, 0) is 4.52 Å². The number of aliphatic hydroxyl groups excluding tert-OH is 2. The van der Waals surface area contributed by atoms with Gasteiger partial charge in [0.2, 0.25) is 0 Å². The van der Waals surface area contributed by atoms with Crippen LogP contribution >= 0.6 is 8.53 Å². The summed E-state index contributed by atoms with van der Waals surface area (Å²) in [6.45, 7) is 23.8. The van der Waals surface area contributed by atoms with Gasteiger partial charge in [-0.3, -0.25) is 5.50 Å². The molecule has 0 aliphatic carbocycles. The van der Waals surface area contributed by atoms with Crippen LogP contribution in [-0.4, -0.2) is 34.9 Å². The van der Waals surface area contributed by atoms with Crippen molar-refractivity contribution >= 4 is 8.53 Å². The van der Waals surface area contributed by atoms with Crippen LogP contribution in [0.5, 0.6) is 0 Å². The fraction of sp³-hybridized carbons (Fsp3) is 0.231. The third-order valence-electron chi connectivity index (χ3n) is 0.380. The van der Waals surface area contributed by atoms with Crippen LogP contribution in [0.1, 0.15) is 0 Å². The van der Waals surface area contributed by atoms with Crippen LogP contribution in [0, 0.1) is 12.3 Å². The van der Waals surface area contributed by atoms with E-state index >= 15 is 0 Å². The summed E-state index contributed by atoms with van der Waals surface area (Å²) in [5.41, 5.74) is 4.78. The van der Waals surface area contributed by atoms with Crippen molar-refractivity contribution in [2.45, 2.75) is 0 Å². The highest BCUT2D eigenvalue weighted by molar-refractivity contribution is 7.43. The van der Waals surface area contributed by atoms with Crippen LogP contribution < -0.4 is 5.50 Å². The van der Waals surface area contributed by atoms with E-state index in [0.29, 0.717) is 0 Å². The van der Waals surface area contributed by atoms with Crippen LogP contribution in [0.15, 0.2) is 52.6 Å². The summed E-state index contributed by atoms with van der Waals surface area (Å²) in [5.74, 6) is 2.15. The van der Waals surface area contributed by atoms with Gasteiger partial charge in [-0.2, -0.15) is 0 Å². The second-order valence-corrected chi connectivity index (χ2v) is 2.09. The van der Waals surface area contributed by atoms with Crippen molar-refractivity contribution in [1.29, 1.82) is 0 Å². The fourth-order valence-corrected chi connectivity index (χ4v) is 0.310. The number of rotatable bonds is 3. The smallest absolute Gasteiger partial charge is 0.251 e. The highest BCUT2D eigenvalue weighted by Crippen LogP contribution is 2.17. The summed E-state index contributed by atoms with van der Waals surface area (Å²) in [5, 5.41) is 15.2. The Labute approximate surface area is 119 Å². The van der Waals surface area contributed by atoms with Crippen LogP contribution in [0.4, 0.5) is 0 Å². The van der Waals surface area contributed by atoms with Crippen molar-refractivity contribution in [3.63, 3.8) is 0 Å². The van der Waals surface area contributed by atoms with E-state index in [0.717, 1.165) is 0 Å². The summed E-state index contributed by atoms with van der Waals surface area (Å²) in [4.78, 5) is 8.21. The molecular formula is C13H28NO4P. The van der Waals surface area contributed by atoms with E-state index < -0.39 is 8.53 Å². The summed E-state index contributed by atoms with van der Waals surface area (Å²) >= 11 is 0. The quantitative estimate of drug-likeness (QED) is 0.362. The number of hydrogen-bond acceptors (Lipinski definition) is 5. The maximum atomic E-state index is 8.21. The lowest BCUT2D eigenvalue weighted by Crippen LogP contribution is -1.91. The van der Waals surface area contributed by atoms with Gasteiger partial charge in [-0.05, 0) is 0 Å². The van der Waals surface area contributed by atoms with E-state index in [2.05, 4.69) is 63.1 Å². The zero-order valence-electron chi connectivity index (χ0n) is 11.6. The molecule has 0 saturated carbocycles. The second kappa shape index (κ2) is 91.2. The van der Waals surface area contributed by atoms with Crippen molar-refractivity contribution in [2.24, 2.45) is 5.50 Å². The summed E-state index contributed by atoms with van der Waals surface area (Å²) in [7, 11) is -1.75. The normalized spacial score (nSPS) is 7.11.